The number of rotatable bonds is 5. The molecule has 0 N–H and O–H groups in total. The number of benzene rings is 4. The Morgan fingerprint density at radius 3 is 1.89 bits per heavy atom. The van der Waals surface area contributed by atoms with Crippen molar-refractivity contribution in [3.63, 3.8) is 0 Å². The summed E-state index contributed by atoms with van der Waals surface area (Å²) < 4.78 is 14.1. The summed E-state index contributed by atoms with van der Waals surface area (Å²) in [6.45, 7) is 2.22. The zero-order valence-electron chi connectivity index (χ0n) is 15.6. The highest BCUT2D eigenvalue weighted by Gasteiger charge is 2.08. The van der Waals surface area contributed by atoms with Crippen molar-refractivity contribution in [3.8, 4) is 22.3 Å². The topological polar surface area (TPSA) is 0 Å². The molecule has 0 fully saturated rings. The molecular weight excluding hydrogens is 331 g/mol. The SMILES string of the molecule is CCCCc1ccc(-c2ccc(-c3ccc(F)c4ccccc34)cc2)cc1. The molecule has 27 heavy (non-hydrogen) atoms. The molecule has 134 valence electrons. The maximum atomic E-state index is 14.1. The van der Waals surface area contributed by atoms with Crippen LogP contribution in [-0.4, -0.2) is 0 Å². The van der Waals surface area contributed by atoms with Crippen LogP contribution in [0.5, 0.6) is 0 Å². The molecule has 0 aliphatic rings. The van der Waals surface area contributed by atoms with Crippen molar-refractivity contribution in [2.45, 2.75) is 26.2 Å². The first kappa shape index (κ1) is 17.5. The molecule has 0 aliphatic heterocycles. The Kier molecular flexibility index (Phi) is 5.02. The number of hydrogen-bond acceptors (Lipinski definition) is 0. The number of halogens is 1. The minimum atomic E-state index is -0.172. The highest BCUT2D eigenvalue weighted by atomic mass is 19.1. The van der Waals surface area contributed by atoms with Crippen LogP contribution in [0.4, 0.5) is 4.39 Å². The van der Waals surface area contributed by atoms with Crippen LogP contribution < -0.4 is 0 Å². The second kappa shape index (κ2) is 7.75. The lowest BCUT2D eigenvalue weighted by Crippen LogP contribution is -1.87. The Bertz CT molecular complexity index is 1040. The Morgan fingerprint density at radius 2 is 1.22 bits per heavy atom. The molecule has 0 aromatic heterocycles. The van der Waals surface area contributed by atoms with E-state index in [1.807, 2.05) is 30.3 Å². The summed E-state index contributed by atoms with van der Waals surface area (Å²) in [6, 6.07) is 28.5. The van der Waals surface area contributed by atoms with Gasteiger partial charge in [0, 0.05) is 5.39 Å². The van der Waals surface area contributed by atoms with Crippen molar-refractivity contribution >= 4 is 10.8 Å². The van der Waals surface area contributed by atoms with E-state index < -0.39 is 0 Å². The summed E-state index contributed by atoms with van der Waals surface area (Å²) in [6.07, 6.45) is 3.61. The van der Waals surface area contributed by atoms with Gasteiger partial charge in [-0.15, -0.1) is 0 Å². The largest absolute Gasteiger partial charge is 0.206 e. The fourth-order valence-corrected chi connectivity index (χ4v) is 3.60. The molecule has 4 aromatic rings. The van der Waals surface area contributed by atoms with Gasteiger partial charge in [-0.2, -0.15) is 0 Å². The minimum absolute atomic E-state index is 0.172. The molecule has 0 bridgehead atoms. The molecule has 0 spiro atoms. The zero-order valence-corrected chi connectivity index (χ0v) is 15.6. The lowest BCUT2D eigenvalue weighted by atomic mass is 9.95. The Hall–Kier alpha value is -2.93. The first-order valence-corrected chi connectivity index (χ1v) is 9.63. The standard InChI is InChI=1S/C26H23F/c1-2-3-6-19-9-11-20(12-10-19)21-13-15-22(16-14-21)23-17-18-26(27)25-8-5-4-7-24(23)25/h4-5,7-18H,2-3,6H2,1H3. The van der Waals surface area contributed by atoms with E-state index in [2.05, 4.69) is 55.5 Å². The monoisotopic (exact) mass is 354 g/mol. The molecule has 0 aliphatic carbocycles. The molecule has 0 atom stereocenters. The first-order valence-electron chi connectivity index (χ1n) is 9.63. The highest BCUT2D eigenvalue weighted by molar-refractivity contribution is 5.97. The van der Waals surface area contributed by atoms with Gasteiger partial charge in [-0.25, -0.2) is 4.39 Å². The molecule has 1 heteroatoms. The van der Waals surface area contributed by atoms with Gasteiger partial charge in [-0.3, -0.25) is 0 Å². The Balaban J connectivity index is 1.64. The Morgan fingerprint density at radius 1 is 0.630 bits per heavy atom. The molecule has 0 saturated carbocycles. The second-order valence-corrected chi connectivity index (χ2v) is 7.02. The molecule has 4 rings (SSSR count). The molecule has 0 heterocycles. The molecule has 0 amide bonds. The summed E-state index contributed by atoms with van der Waals surface area (Å²) >= 11 is 0. The van der Waals surface area contributed by atoms with Crippen molar-refractivity contribution < 1.29 is 4.39 Å². The quantitative estimate of drug-likeness (QED) is 0.345. The third-order valence-corrected chi connectivity index (χ3v) is 5.17. The highest BCUT2D eigenvalue weighted by Crippen LogP contribution is 2.31. The summed E-state index contributed by atoms with van der Waals surface area (Å²) in [5.74, 6) is -0.172. The number of aryl methyl sites for hydroxylation is 1. The van der Waals surface area contributed by atoms with Gasteiger partial charge in [0.1, 0.15) is 5.82 Å². The third-order valence-electron chi connectivity index (χ3n) is 5.17. The lowest BCUT2D eigenvalue weighted by Gasteiger charge is -2.09. The number of fused-ring (bicyclic) bond motifs is 1. The van der Waals surface area contributed by atoms with E-state index in [1.54, 1.807) is 6.07 Å². The van der Waals surface area contributed by atoms with Crippen LogP contribution in [-0.2, 0) is 6.42 Å². The molecule has 0 unspecified atom stereocenters. The summed E-state index contributed by atoms with van der Waals surface area (Å²) in [5.41, 5.74) is 6.00. The predicted molar refractivity (Wildman–Crippen MR) is 113 cm³/mol. The normalized spacial score (nSPS) is 11.0. The van der Waals surface area contributed by atoms with Gasteiger partial charge in [0.05, 0.1) is 0 Å². The van der Waals surface area contributed by atoms with E-state index in [0.29, 0.717) is 5.39 Å². The van der Waals surface area contributed by atoms with Crippen molar-refractivity contribution in [2.24, 2.45) is 0 Å². The van der Waals surface area contributed by atoms with E-state index in [0.717, 1.165) is 22.9 Å². The van der Waals surface area contributed by atoms with Crippen LogP contribution >= 0.6 is 0 Å². The Labute approximate surface area is 160 Å². The third kappa shape index (κ3) is 3.64. The van der Waals surface area contributed by atoms with Crippen LogP contribution in [0.15, 0.2) is 84.9 Å². The second-order valence-electron chi connectivity index (χ2n) is 7.02. The summed E-state index contributed by atoms with van der Waals surface area (Å²) in [7, 11) is 0. The van der Waals surface area contributed by atoms with Crippen LogP contribution in [0, 0.1) is 5.82 Å². The number of hydrogen-bond donors (Lipinski definition) is 0. The summed E-state index contributed by atoms with van der Waals surface area (Å²) in [4.78, 5) is 0. The zero-order chi connectivity index (χ0) is 18.6. The van der Waals surface area contributed by atoms with E-state index >= 15 is 0 Å². The van der Waals surface area contributed by atoms with Crippen LogP contribution in [0.1, 0.15) is 25.3 Å². The fourth-order valence-electron chi connectivity index (χ4n) is 3.60. The van der Waals surface area contributed by atoms with Gasteiger partial charge in [-0.1, -0.05) is 92.2 Å². The summed E-state index contributed by atoms with van der Waals surface area (Å²) in [5, 5.41) is 1.62. The minimum Gasteiger partial charge on any atom is -0.206 e. The van der Waals surface area contributed by atoms with Crippen molar-refractivity contribution in [2.75, 3.05) is 0 Å². The van der Waals surface area contributed by atoms with Crippen LogP contribution in [0.3, 0.4) is 0 Å². The average Bonchev–Trinajstić information content (AvgIpc) is 2.73. The van der Waals surface area contributed by atoms with E-state index in [4.69, 9.17) is 0 Å². The predicted octanol–water partition coefficient (Wildman–Crippen LogP) is 7.66. The average molecular weight is 354 g/mol. The van der Waals surface area contributed by atoms with Crippen molar-refractivity contribution in [1.29, 1.82) is 0 Å². The lowest BCUT2D eigenvalue weighted by molar-refractivity contribution is 0.640. The molecular formula is C26H23F. The maximum absolute atomic E-state index is 14.1. The van der Waals surface area contributed by atoms with E-state index in [9.17, 15) is 4.39 Å². The molecule has 0 radical (unpaired) electrons. The molecule has 0 nitrogen and oxygen atoms in total. The first-order chi connectivity index (χ1) is 13.3. The maximum Gasteiger partial charge on any atom is 0.131 e. The molecule has 4 aromatic carbocycles. The van der Waals surface area contributed by atoms with Crippen molar-refractivity contribution in [1.82, 2.24) is 0 Å². The van der Waals surface area contributed by atoms with Crippen molar-refractivity contribution in [3.05, 3.63) is 96.3 Å². The molecule has 0 saturated heterocycles. The van der Waals surface area contributed by atoms with Gasteiger partial charge >= 0.3 is 0 Å². The van der Waals surface area contributed by atoms with E-state index in [-0.39, 0.29) is 5.82 Å². The van der Waals surface area contributed by atoms with Gasteiger partial charge in [0.2, 0.25) is 0 Å². The smallest absolute Gasteiger partial charge is 0.131 e. The van der Waals surface area contributed by atoms with Gasteiger partial charge in [-0.05, 0) is 52.1 Å². The van der Waals surface area contributed by atoms with Gasteiger partial charge < -0.3 is 0 Å². The van der Waals surface area contributed by atoms with Crippen LogP contribution in [0.2, 0.25) is 0 Å². The fraction of sp³-hybridized carbons (Fsp3) is 0.154. The van der Waals surface area contributed by atoms with E-state index in [1.165, 1.54) is 29.5 Å². The van der Waals surface area contributed by atoms with Gasteiger partial charge in [0.15, 0.2) is 0 Å². The van der Waals surface area contributed by atoms with Gasteiger partial charge in [0.25, 0.3) is 0 Å². The number of unbranched alkanes of at least 4 members (excludes halogenated alkanes) is 1. The van der Waals surface area contributed by atoms with Crippen LogP contribution in [0.25, 0.3) is 33.0 Å².